The predicted octanol–water partition coefficient (Wildman–Crippen LogP) is -0.451. The SMILES string of the molecule is Nc1nc(NCCCN(CCO)CCO)nc(Nc2ccc(/C=C/c3ccc(Nc4nc(N)nc(NCCCN(CCO)CCO)n4)cc3S(=O)(=O)O)c(S(=O)(=O)O)c2)n1. The van der Waals surface area contributed by atoms with Crippen molar-refractivity contribution in [1.29, 1.82) is 0 Å². The van der Waals surface area contributed by atoms with Crippen molar-refractivity contribution < 1.29 is 46.4 Å². The molecular weight excluding hydrogens is 829 g/mol. The van der Waals surface area contributed by atoms with Crippen LogP contribution >= 0.6 is 0 Å². The molecule has 60 heavy (non-hydrogen) atoms. The van der Waals surface area contributed by atoms with E-state index in [-0.39, 0.29) is 84.6 Å². The number of nitrogen functional groups attached to an aromatic ring is 2. The molecule has 328 valence electrons. The highest BCUT2D eigenvalue weighted by molar-refractivity contribution is 7.86. The fraction of sp³-hybridized carbons (Fsp3) is 0.412. The van der Waals surface area contributed by atoms with Gasteiger partial charge in [0.25, 0.3) is 20.2 Å². The van der Waals surface area contributed by atoms with Gasteiger partial charge < -0.3 is 53.2 Å². The van der Waals surface area contributed by atoms with Gasteiger partial charge in [0.1, 0.15) is 9.79 Å². The summed E-state index contributed by atoms with van der Waals surface area (Å²) < 4.78 is 70.2. The van der Waals surface area contributed by atoms with Crippen molar-refractivity contribution in [2.45, 2.75) is 22.6 Å². The molecule has 26 heteroatoms. The zero-order valence-electron chi connectivity index (χ0n) is 32.4. The van der Waals surface area contributed by atoms with E-state index in [2.05, 4.69) is 51.2 Å². The molecule has 0 unspecified atom stereocenters. The number of aliphatic hydroxyl groups excluding tert-OH is 4. The van der Waals surface area contributed by atoms with Crippen LogP contribution in [-0.2, 0) is 20.2 Å². The summed E-state index contributed by atoms with van der Waals surface area (Å²) in [5.41, 5.74) is 11.9. The lowest BCUT2D eigenvalue weighted by atomic mass is 10.1. The van der Waals surface area contributed by atoms with Crippen molar-refractivity contribution in [2.75, 3.05) is 112 Å². The van der Waals surface area contributed by atoms with Crippen LogP contribution in [0.5, 0.6) is 0 Å². The lowest BCUT2D eigenvalue weighted by molar-refractivity contribution is 0.160. The number of benzene rings is 2. The second-order valence-corrected chi connectivity index (χ2v) is 15.6. The van der Waals surface area contributed by atoms with Gasteiger partial charge in [-0.05, 0) is 61.3 Å². The molecule has 0 aliphatic rings. The molecule has 0 bridgehead atoms. The van der Waals surface area contributed by atoms with Crippen molar-refractivity contribution in [3.05, 3.63) is 47.5 Å². The van der Waals surface area contributed by atoms with E-state index in [4.69, 9.17) is 11.5 Å². The normalized spacial score (nSPS) is 12.1. The first-order valence-electron chi connectivity index (χ1n) is 18.5. The molecule has 0 saturated carbocycles. The number of nitrogens with one attached hydrogen (secondary N) is 4. The average Bonchev–Trinajstić information content (AvgIpc) is 3.17. The number of anilines is 8. The number of nitrogens with two attached hydrogens (primary N) is 2. The summed E-state index contributed by atoms with van der Waals surface area (Å²) in [6, 6.07) is 7.75. The fourth-order valence-electron chi connectivity index (χ4n) is 5.68. The van der Waals surface area contributed by atoms with Gasteiger partial charge in [0.15, 0.2) is 0 Å². The topological polar surface area (TPSA) is 374 Å². The number of nitrogens with zero attached hydrogens (tertiary/aromatic N) is 8. The van der Waals surface area contributed by atoms with Gasteiger partial charge in [-0.15, -0.1) is 0 Å². The Morgan fingerprint density at radius 1 is 0.533 bits per heavy atom. The third-order valence-electron chi connectivity index (χ3n) is 8.38. The van der Waals surface area contributed by atoms with Crippen molar-refractivity contribution in [2.24, 2.45) is 0 Å². The maximum atomic E-state index is 12.5. The van der Waals surface area contributed by atoms with Crippen LogP contribution in [0.25, 0.3) is 12.2 Å². The summed E-state index contributed by atoms with van der Waals surface area (Å²) in [6.07, 6.45) is 3.69. The maximum absolute atomic E-state index is 12.5. The van der Waals surface area contributed by atoms with Crippen molar-refractivity contribution in [3.8, 4) is 0 Å². The van der Waals surface area contributed by atoms with Crippen LogP contribution in [-0.4, -0.2) is 165 Å². The van der Waals surface area contributed by atoms with Crippen LogP contribution < -0.4 is 32.7 Å². The fourth-order valence-corrected chi connectivity index (χ4v) is 7.10. The molecule has 0 spiro atoms. The predicted molar refractivity (Wildman–Crippen MR) is 224 cm³/mol. The third kappa shape index (κ3) is 15.3. The summed E-state index contributed by atoms with van der Waals surface area (Å²) in [4.78, 5) is 27.3. The quantitative estimate of drug-likeness (QED) is 0.0216. The first kappa shape index (κ1) is 47.3. The molecule has 0 atom stereocenters. The summed E-state index contributed by atoms with van der Waals surface area (Å²) in [7, 11) is -9.70. The molecule has 4 aromatic rings. The van der Waals surface area contributed by atoms with Crippen LogP contribution in [0.3, 0.4) is 0 Å². The Balaban J connectivity index is 1.48. The Morgan fingerprint density at radius 3 is 1.22 bits per heavy atom. The molecule has 0 aliphatic carbocycles. The van der Waals surface area contributed by atoms with Crippen LogP contribution in [0.15, 0.2) is 46.2 Å². The Bertz CT molecular complexity index is 2100. The first-order chi connectivity index (χ1) is 28.6. The maximum Gasteiger partial charge on any atom is 0.295 e. The zero-order valence-corrected chi connectivity index (χ0v) is 34.0. The van der Waals surface area contributed by atoms with Gasteiger partial charge >= 0.3 is 0 Å². The van der Waals surface area contributed by atoms with Gasteiger partial charge in [0.05, 0.1) is 26.4 Å². The van der Waals surface area contributed by atoms with Gasteiger partial charge in [0.2, 0.25) is 35.7 Å². The second-order valence-electron chi connectivity index (χ2n) is 12.9. The van der Waals surface area contributed by atoms with Gasteiger partial charge in [0, 0.05) is 50.6 Å². The Morgan fingerprint density at radius 2 is 0.883 bits per heavy atom. The number of rotatable bonds is 26. The van der Waals surface area contributed by atoms with Gasteiger partial charge in [-0.1, -0.05) is 24.3 Å². The van der Waals surface area contributed by atoms with Crippen LogP contribution in [0.4, 0.5) is 47.1 Å². The van der Waals surface area contributed by atoms with E-state index in [1.54, 1.807) is 0 Å². The van der Waals surface area contributed by atoms with E-state index in [0.717, 1.165) is 12.1 Å². The van der Waals surface area contributed by atoms with Crippen molar-refractivity contribution >= 4 is 79.5 Å². The monoisotopic (exact) mass is 878 g/mol. The highest BCUT2D eigenvalue weighted by Gasteiger charge is 2.19. The van der Waals surface area contributed by atoms with Crippen LogP contribution in [0.2, 0.25) is 0 Å². The molecular formula is C34H50N14O10S2. The zero-order chi connectivity index (χ0) is 43.7. The molecule has 0 aliphatic heterocycles. The molecule has 2 heterocycles. The average molecular weight is 879 g/mol. The minimum atomic E-state index is -4.85. The summed E-state index contributed by atoms with van der Waals surface area (Å²) in [6.45, 7) is 3.45. The van der Waals surface area contributed by atoms with E-state index in [1.807, 2.05) is 9.80 Å². The van der Waals surface area contributed by atoms with Crippen LogP contribution in [0, 0.1) is 0 Å². The number of aliphatic hydroxyl groups is 4. The van der Waals surface area contributed by atoms with E-state index >= 15 is 0 Å². The molecule has 0 saturated heterocycles. The van der Waals surface area contributed by atoms with Gasteiger partial charge in [-0.3, -0.25) is 18.9 Å². The lowest BCUT2D eigenvalue weighted by Gasteiger charge is -2.19. The minimum absolute atomic E-state index is 0.0457. The summed E-state index contributed by atoms with van der Waals surface area (Å²) in [5, 5.41) is 48.4. The smallest absolute Gasteiger partial charge is 0.295 e. The second kappa shape index (κ2) is 22.8. The molecule has 14 N–H and O–H groups in total. The molecule has 0 radical (unpaired) electrons. The summed E-state index contributed by atoms with van der Waals surface area (Å²) >= 11 is 0. The summed E-state index contributed by atoms with van der Waals surface area (Å²) in [5.74, 6) is -0.150. The number of aromatic nitrogens is 6. The van der Waals surface area contributed by atoms with Gasteiger partial charge in [-0.2, -0.15) is 46.7 Å². The Kier molecular flexibility index (Phi) is 18.0. The van der Waals surface area contributed by atoms with Crippen molar-refractivity contribution in [3.63, 3.8) is 0 Å². The largest absolute Gasteiger partial charge is 0.395 e. The molecule has 2 aromatic carbocycles. The Labute approximate surface area is 346 Å². The first-order valence-corrected chi connectivity index (χ1v) is 21.3. The van der Waals surface area contributed by atoms with E-state index in [0.29, 0.717) is 65.2 Å². The minimum Gasteiger partial charge on any atom is -0.395 e. The van der Waals surface area contributed by atoms with Crippen molar-refractivity contribution in [1.82, 2.24) is 39.7 Å². The molecule has 24 nitrogen and oxygen atoms in total. The third-order valence-corrected chi connectivity index (χ3v) is 10.2. The molecule has 0 fully saturated rings. The Hall–Kier alpha value is -5.42. The van der Waals surface area contributed by atoms with Gasteiger partial charge in [-0.25, -0.2) is 0 Å². The molecule has 2 aromatic heterocycles. The standard InChI is InChI=1S/C34H50N14O10S2/c35-29-41-31(37-9-1-11-47(13-17-49)14-18-50)45-33(43-29)39-25-7-5-23(27(21-25)59(53,54)55)3-4-24-6-8-26(22-28(24)60(56,57)58)40-34-44-30(36)42-32(46-34)38-10-2-12-48(15-19-51)16-20-52/h3-8,21-22,49-52H,1-2,9-20H2,(H,53,54,55)(H,56,57,58)(H4,35,37,39,41,43,45)(H4,36,38,40,42,44,46)/b4-3+. The lowest BCUT2D eigenvalue weighted by Crippen LogP contribution is -2.31. The number of hydrogen-bond donors (Lipinski definition) is 12. The highest BCUT2D eigenvalue weighted by atomic mass is 32.2. The molecule has 4 rings (SSSR count). The number of hydrogen-bond acceptors (Lipinski definition) is 22. The van der Waals surface area contributed by atoms with E-state index < -0.39 is 30.0 Å². The van der Waals surface area contributed by atoms with E-state index in [1.165, 1.54) is 36.4 Å². The van der Waals surface area contributed by atoms with E-state index in [9.17, 15) is 46.4 Å². The van der Waals surface area contributed by atoms with Crippen LogP contribution in [0.1, 0.15) is 24.0 Å². The molecule has 0 amide bonds. The highest BCUT2D eigenvalue weighted by Crippen LogP contribution is 2.28.